The molecule has 1 atom stereocenters. The molecule has 0 fully saturated rings. The van der Waals surface area contributed by atoms with E-state index in [1.165, 1.54) is 31.2 Å². The number of carbonyl (C=O) groups is 3. The van der Waals surface area contributed by atoms with Crippen LogP contribution in [0.5, 0.6) is 5.75 Å². The van der Waals surface area contributed by atoms with Crippen molar-refractivity contribution < 1.29 is 23.5 Å². The van der Waals surface area contributed by atoms with E-state index in [1.807, 2.05) is 0 Å². The van der Waals surface area contributed by atoms with Gasteiger partial charge in [0.15, 0.2) is 6.61 Å². The minimum absolute atomic E-state index is 0.147. The van der Waals surface area contributed by atoms with Crippen molar-refractivity contribution in [2.45, 2.75) is 26.8 Å². The zero-order chi connectivity index (χ0) is 17.4. The summed E-state index contributed by atoms with van der Waals surface area (Å²) in [6.45, 7) is 4.48. The number of rotatable bonds is 6. The third-order valence-electron chi connectivity index (χ3n) is 2.82. The molecule has 1 aromatic carbocycles. The maximum Gasteiger partial charge on any atom is 0.276 e. The molecular formula is C15H20FN3O4. The molecule has 3 amide bonds. The highest BCUT2D eigenvalue weighted by atomic mass is 19.1. The summed E-state index contributed by atoms with van der Waals surface area (Å²) in [5.74, 6) is -1.70. The molecule has 8 heteroatoms. The molecule has 0 saturated heterocycles. The lowest BCUT2D eigenvalue weighted by Crippen LogP contribution is -2.54. The van der Waals surface area contributed by atoms with Gasteiger partial charge in [-0.25, -0.2) is 4.39 Å². The Kier molecular flexibility index (Phi) is 6.98. The molecule has 0 saturated carbocycles. The van der Waals surface area contributed by atoms with Crippen LogP contribution in [0.15, 0.2) is 24.3 Å². The summed E-state index contributed by atoms with van der Waals surface area (Å²) in [5, 5.41) is 2.50. The van der Waals surface area contributed by atoms with E-state index in [0.717, 1.165) is 0 Å². The smallest absolute Gasteiger partial charge is 0.276 e. The Morgan fingerprint density at radius 1 is 1.13 bits per heavy atom. The van der Waals surface area contributed by atoms with Gasteiger partial charge in [-0.3, -0.25) is 25.2 Å². The van der Waals surface area contributed by atoms with E-state index in [0.29, 0.717) is 5.75 Å². The van der Waals surface area contributed by atoms with Crippen molar-refractivity contribution in [1.82, 2.24) is 16.2 Å². The first-order chi connectivity index (χ1) is 10.8. The standard InChI is InChI=1S/C15H20FN3O4/c1-9(2)14(17-10(3)20)15(22)19-18-13(21)8-23-12-6-4-11(16)5-7-12/h4-7,9,14H,8H2,1-3H3,(H,17,20)(H,18,21)(H,19,22). The van der Waals surface area contributed by atoms with Crippen LogP contribution >= 0.6 is 0 Å². The third-order valence-corrected chi connectivity index (χ3v) is 2.82. The number of halogens is 1. The summed E-state index contributed by atoms with van der Waals surface area (Å²) in [6, 6.07) is 4.41. The molecule has 0 aliphatic carbocycles. The summed E-state index contributed by atoms with van der Waals surface area (Å²) in [5.41, 5.74) is 4.41. The van der Waals surface area contributed by atoms with Crippen molar-refractivity contribution in [2.24, 2.45) is 5.92 Å². The number of amides is 3. The van der Waals surface area contributed by atoms with Gasteiger partial charge in [-0.1, -0.05) is 13.8 Å². The van der Waals surface area contributed by atoms with E-state index < -0.39 is 23.7 Å². The molecular weight excluding hydrogens is 305 g/mol. The van der Waals surface area contributed by atoms with Crippen LogP contribution in [0.1, 0.15) is 20.8 Å². The molecule has 0 radical (unpaired) electrons. The van der Waals surface area contributed by atoms with Gasteiger partial charge in [-0.05, 0) is 30.2 Å². The Hall–Kier alpha value is -2.64. The number of ether oxygens (including phenoxy) is 1. The van der Waals surface area contributed by atoms with Gasteiger partial charge in [0.05, 0.1) is 0 Å². The van der Waals surface area contributed by atoms with E-state index in [9.17, 15) is 18.8 Å². The normalized spacial score (nSPS) is 11.5. The number of carbonyl (C=O) groups excluding carboxylic acids is 3. The van der Waals surface area contributed by atoms with E-state index in [1.54, 1.807) is 13.8 Å². The van der Waals surface area contributed by atoms with Crippen molar-refractivity contribution >= 4 is 17.7 Å². The van der Waals surface area contributed by atoms with Crippen molar-refractivity contribution in [3.8, 4) is 5.75 Å². The number of hydrogen-bond donors (Lipinski definition) is 3. The Morgan fingerprint density at radius 2 is 1.74 bits per heavy atom. The predicted octanol–water partition coefficient (Wildman–Crippen LogP) is 0.513. The maximum absolute atomic E-state index is 12.7. The summed E-state index contributed by atoms with van der Waals surface area (Å²) >= 11 is 0. The van der Waals surface area contributed by atoms with Gasteiger partial charge in [-0.2, -0.15) is 0 Å². The van der Waals surface area contributed by atoms with Gasteiger partial charge in [0.2, 0.25) is 5.91 Å². The SMILES string of the molecule is CC(=O)NC(C(=O)NNC(=O)COc1ccc(F)cc1)C(C)C. The first-order valence-corrected chi connectivity index (χ1v) is 7.03. The highest BCUT2D eigenvalue weighted by molar-refractivity contribution is 5.89. The van der Waals surface area contributed by atoms with Gasteiger partial charge in [0.1, 0.15) is 17.6 Å². The minimum atomic E-state index is -0.759. The predicted molar refractivity (Wildman–Crippen MR) is 80.6 cm³/mol. The fraction of sp³-hybridized carbons (Fsp3) is 0.400. The fourth-order valence-corrected chi connectivity index (χ4v) is 1.68. The second-order valence-electron chi connectivity index (χ2n) is 5.20. The summed E-state index contributed by atoms with van der Waals surface area (Å²) in [6.07, 6.45) is 0. The molecule has 1 unspecified atom stereocenters. The van der Waals surface area contributed by atoms with E-state index >= 15 is 0 Å². The van der Waals surface area contributed by atoms with Crippen molar-refractivity contribution in [1.29, 1.82) is 0 Å². The van der Waals surface area contributed by atoms with Gasteiger partial charge >= 0.3 is 0 Å². The van der Waals surface area contributed by atoms with Crippen molar-refractivity contribution in [3.05, 3.63) is 30.1 Å². The van der Waals surface area contributed by atoms with Crippen LogP contribution in [0.3, 0.4) is 0 Å². The number of hydrogen-bond acceptors (Lipinski definition) is 4. The van der Waals surface area contributed by atoms with Crippen molar-refractivity contribution in [3.63, 3.8) is 0 Å². The second kappa shape index (κ2) is 8.72. The topological polar surface area (TPSA) is 96.5 Å². The Morgan fingerprint density at radius 3 is 2.26 bits per heavy atom. The Balaban J connectivity index is 2.40. The lowest BCUT2D eigenvalue weighted by atomic mass is 10.0. The summed E-state index contributed by atoms with van der Waals surface area (Å²) in [4.78, 5) is 34.6. The molecule has 0 bridgehead atoms. The Labute approximate surface area is 133 Å². The molecule has 0 aromatic heterocycles. The fourth-order valence-electron chi connectivity index (χ4n) is 1.68. The largest absolute Gasteiger partial charge is 0.484 e. The van der Waals surface area contributed by atoms with Gasteiger partial charge in [0.25, 0.3) is 11.8 Å². The molecule has 23 heavy (non-hydrogen) atoms. The first kappa shape index (κ1) is 18.4. The number of hydrazine groups is 1. The molecule has 0 heterocycles. The number of nitrogens with one attached hydrogen (secondary N) is 3. The average Bonchev–Trinajstić information content (AvgIpc) is 2.49. The molecule has 126 valence electrons. The zero-order valence-corrected chi connectivity index (χ0v) is 13.2. The molecule has 0 aliphatic heterocycles. The second-order valence-corrected chi connectivity index (χ2v) is 5.20. The Bertz CT molecular complexity index is 560. The van der Waals surface area contributed by atoms with E-state index in [4.69, 9.17) is 4.74 Å². The van der Waals surface area contributed by atoms with Crippen LogP contribution in [0.25, 0.3) is 0 Å². The summed E-state index contributed by atoms with van der Waals surface area (Å²) in [7, 11) is 0. The van der Waals surface area contributed by atoms with Crippen LogP contribution in [-0.4, -0.2) is 30.4 Å². The van der Waals surface area contributed by atoms with Gasteiger partial charge in [-0.15, -0.1) is 0 Å². The molecule has 3 N–H and O–H groups in total. The van der Waals surface area contributed by atoms with Gasteiger partial charge in [0, 0.05) is 6.92 Å². The number of benzene rings is 1. The van der Waals surface area contributed by atoms with Crippen LogP contribution in [0.4, 0.5) is 4.39 Å². The summed E-state index contributed by atoms with van der Waals surface area (Å²) < 4.78 is 17.8. The van der Waals surface area contributed by atoms with E-state index in [-0.39, 0.29) is 18.4 Å². The first-order valence-electron chi connectivity index (χ1n) is 7.03. The van der Waals surface area contributed by atoms with Crippen LogP contribution in [-0.2, 0) is 14.4 Å². The van der Waals surface area contributed by atoms with Gasteiger partial charge < -0.3 is 10.1 Å². The molecule has 1 aromatic rings. The lowest BCUT2D eigenvalue weighted by Gasteiger charge is -2.21. The highest BCUT2D eigenvalue weighted by Crippen LogP contribution is 2.10. The highest BCUT2D eigenvalue weighted by Gasteiger charge is 2.23. The van der Waals surface area contributed by atoms with Crippen LogP contribution in [0.2, 0.25) is 0 Å². The quantitative estimate of drug-likeness (QED) is 0.664. The third kappa shape index (κ3) is 6.77. The minimum Gasteiger partial charge on any atom is -0.484 e. The monoisotopic (exact) mass is 325 g/mol. The van der Waals surface area contributed by atoms with Crippen LogP contribution < -0.4 is 20.9 Å². The molecule has 1 rings (SSSR count). The van der Waals surface area contributed by atoms with E-state index in [2.05, 4.69) is 16.2 Å². The molecule has 7 nitrogen and oxygen atoms in total. The van der Waals surface area contributed by atoms with Crippen LogP contribution in [0, 0.1) is 11.7 Å². The lowest BCUT2D eigenvalue weighted by molar-refractivity contribution is -0.133. The van der Waals surface area contributed by atoms with Crippen molar-refractivity contribution in [2.75, 3.05) is 6.61 Å². The maximum atomic E-state index is 12.7. The average molecular weight is 325 g/mol. The zero-order valence-electron chi connectivity index (χ0n) is 13.2. The molecule has 0 aliphatic rings. The molecule has 0 spiro atoms.